The molecule has 2 aromatic rings. The van der Waals surface area contributed by atoms with Crippen molar-refractivity contribution in [1.82, 2.24) is 14.5 Å². The van der Waals surface area contributed by atoms with Crippen LogP contribution < -0.4 is 0 Å². The lowest BCUT2D eigenvalue weighted by atomic mass is 10.1. The van der Waals surface area contributed by atoms with Crippen LogP contribution in [0.25, 0.3) is 11.2 Å². The summed E-state index contributed by atoms with van der Waals surface area (Å²) in [5.74, 6) is 2.33. The van der Waals surface area contributed by atoms with Gasteiger partial charge in [-0.1, -0.05) is 0 Å². The zero-order chi connectivity index (χ0) is 14.4. The molecule has 3 heterocycles. The molecule has 1 saturated carbocycles. The molecule has 0 amide bonds. The molecule has 2 unspecified atom stereocenters. The Labute approximate surface area is 137 Å². The van der Waals surface area contributed by atoms with Crippen molar-refractivity contribution in [2.24, 2.45) is 5.92 Å². The number of aryl methyl sites for hydroxylation is 1. The zero-order valence-corrected chi connectivity index (χ0v) is 14.0. The van der Waals surface area contributed by atoms with Crippen LogP contribution in [0.1, 0.15) is 31.1 Å². The molecule has 2 aliphatic rings. The third-order valence-electron chi connectivity index (χ3n) is 4.41. The van der Waals surface area contributed by atoms with Crippen molar-refractivity contribution in [1.29, 1.82) is 0 Å². The molecule has 4 nitrogen and oxygen atoms in total. The Morgan fingerprint density at radius 2 is 2.24 bits per heavy atom. The van der Waals surface area contributed by atoms with Crippen LogP contribution in [0.4, 0.5) is 0 Å². The summed E-state index contributed by atoms with van der Waals surface area (Å²) in [6.07, 6.45) is 6.55. The fraction of sp³-hybridized carbons (Fsp3) is 0.600. The average molecular weight is 371 g/mol. The maximum Gasteiger partial charge on any atom is 0.160 e. The summed E-state index contributed by atoms with van der Waals surface area (Å²) >= 11 is 9.44. The van der Waals surface area contributed by atoms with Gasteiger partial charge in [-0.2, -0.15) is 0 Å². The maximum atomic E-state index is 6.00. The van der Waals surface area contributed by atoms with E-state index >= 15 is 0 Å². The number of ether oxygens (including phenoxy) is 1. The first kappa shape index (κ1) is 14.0. The van der Waals surface area contributed by atoms with Gasteiger partial charge in [0.25, 0.3) is 0 Å². The minimum atomic E-state index is 0.321. The van der Waals surface area contributed by atoms with E-state index in [-0.39, 0.29) is 0 Å². The number of pyridine rings is 1. The van der Waals surface area contributed by atoms with E-state index in [0.29, 0.717) is 23.9 Å². The van der Waals surface area contributed by atoms with Crippen molar-refractivity contribution in [2.45, 2.75) is 37.8 Å². The summed E-state index contributed by atoms with van der Waals surface area (Å²) in [6, 6.07) is 2.38. The first-order valence-electron chi connectivity index (χ1n) is 7.48. The second kappa shape index (κ2) is 5.52. The van der Waals surface area contributed by atoms with E-state index < -0.39 is 0 Å². The quantitative estimate of drug-likeness (QED) is 0.770. The summed E-state index contributed by atoms with van der Waals surface area (Å²) in [5.41, 5.74) is 1.89. The van der Waals surface area contributed by atoms with Crippen LogP contribution in [0.2, 0.25) is 0 Å². The molecule has 2 atom stereocenters. The summed E-state index contributed by atoms with van der Waals surface area (Å²) < 4.78 is 9.25. The standard InChI is InChI=1S/C15H17BrClN3O/c16-10-7-11-15(18-8-10)20(13(19-11)3-5-17)12-4-6-21-14(12)9-1-2-9/h7-9,12,14H,1-6H2. The number of alkyl halides is 1. The lowest BCUT2D eigenvalue weighted by Gasteiger charge is -2.22. The molecule has 21 heavy (non-hydrogen) atoms. The van der Waals surface area contributed by atoms with Crippen molar-refractivity contribution < 1.29 is 4.74 Å². The van der Waals surface area contributed by atoms with Crippen LogP contribution in [0.5, 0.6) is 0 Å². The van der Waals surface area contributed by atoms with Crippen LogP contribution in [-0.2, 0) is 11.2 Å². The number of imidazole rings is 1. The minimum Gasteiger partial charge on any atom is -0.376 e. The second-order valence-electron chi connectivity index (χ2n) is 5.86. The Hall–Kier alpha value is -0.650. The molecular weight excluding hydrogens is 354 g/mol. The molecule has 112 valence electrons. The Balaban J connectivity index is 1.82. The molecule has 0 spiro atoms. The van der Waals surface area contributed by atoms with E-state index in [1.807, 2.05) is 12.3 Å². The van der Waals surface area contributed by atoms with Crippen molar-refractivity contribution in [2.75, 3.05) is 12.5 Å². The molecule has 2 aromatic heterocycles. The molecule has 1 aliphatic carbocycles. The van der Waals surface area contributed by atoms with Gasteiger partial charge in [-0.3, -0.25) is 0 Å². The molecular formula is C15H17BrClN3O. The van der Waals surface area contributed by atoms with Crippen LogP contribution in [0.15, 0.2) is 16.7 Å². The molecule has 1 aliphatic heterocycles. The van der Waals surface area contributed by atoms with Crippen molar-refractivity contribution in [3.63, 3.8) is 0 Å². The van der Waals surface area contributed by atoms with Crippen molar-refractivity contribution in [3.8, 4) is 0 Å². The maximum absolute atomic E-state index is 6.00. The summed E-state index contributed by atoms with van der Waals surface area (Å²) in [6.45, 7) is 0.836. The molecule has 0 N–H and O–H groups in total. The Bertz CT molecular complexity index is 670. The van der Waals surface area contributed by atoms with Crippen LogP contribution >= 0.6 is 27.5 Å². The summed E-state index contributed by atoms with van der Waals surface area (Å²) in [5, 5.41) is 0. The molecule has 1 saturated heterocycles. The summed E-state index contributed by atoms with van der Waals surface area (Å²) in [4.78, 5) is 9.35. The fourth-order valence-corrected chi connectivity index (χ4v) is 3.85. The van der Waals surface area contributed by atoms with Gasteiger partial charge in [0, 0.05) is 29.6 Å². The van der Waals surface area contributed by atoms with E-state index in [9.17, 15) is 0 Å². The highest BCUT2D eigenvalue weighted by atomic mass is 79.9. The Kier molecular flexibility index (Phi) is 3.67. The minimum absolute atomic E-state index is 0.321. The van der Waals surface area contributed by atoms with Crippen molar-refractivity contribution in [3.05, 3.63) is 22.6 Å². The van der Waals surface area contributed by atoms with Gasteiger partial charge >= 0.3 is 0 Å². The topological polar surface area (TPSA) is 39.9 Å². The van der Waals surface area contributed by atoms with Gasteiger partial charge in [0.1, 0.15) is 11.3 Å². The fourth-order valence-electron chi connectivity index (χ4n) is 3.36. The average Bonchev–Trinajstić information content (AvgIpc) is 3.09. The Morgan fingerprint density at radius 1 is 1.38 bits per heavy atom. The van der Waals surface area contributed by atoms with Gasteiger partial charge in [-0.25, -0.2) is 9.97 Å². The van der Waals surface area contributed by atoms with Crippen LogP contribution in [0, 0.1) is 5.92 Å². The SMILES string of the molecule is ClCCc1nc2cc(Br)cnc2n1C1CCOC1C1CC1. The zero-order valence-electron chi connectivity index (χ0n) is 11.6. The number of hydrogen-bond donors (Lipinski definition) is 0. The molecule has 6 heteroatoms. The van der Waals surface area contributed by atoms with Gasteiger partial charge in [0.2, 0.25) is 0 Å². The number of rotatable bonds is 4. The first-order valence-corrected chi connectivity index (χ1v) is 8.80. The number of hydrogen-bond acceptors (Lipinski definition) is 3. The number of fused-ring (bicyclic) bond motifs is 1. The third-order valence-corrected chi connectivity index (χ3v) is 5.03. The number of aromatic nitrogens is 3. The predicted molar refractivity (Wildman–Crippen MR) is 85.8 cm³/mol. The van der Waals surface area contributed by atoms with Crippen LogP contribution in [0.3, 0.4) is 0 Å². The molecule has 0 bridgehead atoms. The third kappa shape index (κ3) is 2.49. The van der Waals surface area contributed by atoms with Gasteiger partial charge in [-0.05, 0) is 47.2 Å². The molecule has 0 aromatic carbocycles. The predicted octanol–water partition coefficient (Wildman–Crippen LogP) is 3.72. The highest BCUT2D eigenvalue weighted by molar-refractivity contribution is 9.10. The van der Waals surface area contributed by atoms with E-state index in [1.54, 1.807) is 0 Å². The largest absolute Gasteiger partial charge is 0.376 e. The van der Waals surface area contributed by atoms with E-state index in [1.165, 1.54) is 12.8 Å². The van der Waals surface area contributed by atoms with E-state index in [0.717, 1.165) is 40.9 Å². The normalized spacial score (nSPS) is 25.8. The molecule has 0 radical (unpaired) electrons. The van der Waals surface area contributed by atoms with Gasteiger partial charge in [0.05, 0.1) is 12.1 Å². The molecule has 4 rings (SSSR count). The number of nitrogens with zero attached hydrogens (tertiary/aromatic N) is 3. The highest BCUT2D eigenvalue weighted by Crippen LogP contribution is 2.44. The Morgan fingerprint density at radius 3 is 3.00 bits per heavy atom. The lowest BCUT2D eigenvalue weighted by Crippen LogP contribution is -2.24. The monoisotopic (exact) mass is 369 g/mol. The smallest absolute Gasteiger partial charge is 0.160 e. The second-order valence-corrected chi connectivity index (χ2v) is 7.16. The molecule has 2 fully saturated rings. The van der Waals surface area contributed by atoms with E-state index in [2.05, 4.69) is 25.5 Å². The van der Waals surface area contributed by atoms with Gasteiger partial charge < -0.3 is 9.30 Å². The highest BCUT2D eigenvalue weighted by Gasteiger charge is 2.42. The van der Waals surface area contributed by atoms with E-state index in [4.69, 9.17) is 21.3 Å². The van der Waals surface area contributed by atoms with Gasteiger partial charge in [-0.15, -0.1) is 11.6 Å². The van der Waals surface area contributed by atoms with Gasteiger partial charge in [0.15, 0.2) is 5.65 Å². The first-order chi connectivity index (χ1) is 10.3. The number of halogens is 2. The van der Waals surface area contributed by atoms with Crippen LogP contribution in [-0.4, -0.2) is 33.1 Å². The summed E-state index contributed by atoms with van der Waals surface area (Å²) in [7, 11) is 0. The van der Waals surface area contributed by atoms with Crippen molar-refractivity contribution >= 4 is 38.7 Å². The lowest BCUT2D eigenvalue weighted by molar-refractivity contribution is 0.0752.